The van der Waals surface area contributed by atoms with Gasteiger partial charge in [-0.3, -0.25) is 9.44 Å². The SMILES string of the molecule is NC1=C(N=NC2=C(N)OSN2)NSO1. The summed E-state index contributed by atoms with van der Waals surface area (Å²) >= 11 is 1.93. The highest BCUT2D eigenvalue weighted by molar-refractivity contribution is 7.93. The molecule has 0 atom stereocenters. The monoisotopic (exact) mass is 234 g/mol. The first-order chi connectivity index (χ1) is 6.77. The van der Waals surface area contributed by atoms with E-state index >= 15 is 0 Å². The Kier molecular flexibility index (Phi) is 2.45. The Morgan fingerprint density at radius 2 is 1.36 bits per heavy atom. The van der Waals surface area contributed by atoms with Gasteiger partial charge in [-0.1, -0.05) is 0 Å². The van der Waals surface area contributed by atoms with E-state index in [2.05, 4.69) is 19.7 Å². The van der Waals surface area contributed by atoms with Crippen molar-refractivity contribution in [1.82, 2.24) is 9.44 Å². The fourth-order valence-electron chi connectivity index (χ4n) is 0.629. The topological polar surface area (TPSA) is 119 Å². The summed E-state index contributed by atoms with van der Waals surface area (Å²) in [6.45, 7) is 0. The van der Waals surface area contributed by atoms with Gasteiger partial charge in [0.05, 0.1) is 0 Å². The lowest BCUT2D eigenvalue weighted by Crippen LogP contribution is -2.03. The van der Waals surface area contributed by atoms with Crippen LogP contribution in [-0.4, -0.2) is 0 Å². The molecule has 0 amide bonds. The number of azo groups is 1. The van der Waals surface area contributed by atoms with Crippen LogP contribution < -0.4 is 20.9 Å². The highest BCUT2D eigenvalue weighted by Crippen LogP contribution is 2.21. The van der Waals surface area contributed by atoms with E-state index in [0.717, 1.165) is 24.5 Å². The molecule has 2 heterocycles. The summed E-state index contributed by atoms with van der Waals surface area (Å²) in [7, 11) is 0. The van der Waals surface area contributed by atoms with Gasteiger partial charge in [0.25, 0.3) is 0 Å². The lowest BCUT2D eigenvalue weighted by Gasteiger charge is -1.91. The van der Waals surface area contributed by atoms with Crippen LogP contribution in [-0.2, 0) is 8.37 Å². The Labute approximate surface area is 87.8 Å². The van der Waals surface area contributed by atoms with Crippen LogP contribution in [0.3, 0.4) is 0 Å². The van der Waals surface area contributed by atoms with Crippen molar-refractivity contribution < 1.29 is 8.37 Å². The number of nitrogens with one attached hydrogen (secondary N) is 2. The van der Waals surface area contributed by atoms with Crippen molar-refractivity contribution >= 4 is 24.5 Å². The third-order valence-electron chi connectivity index (χ3n) is 1.26. The second-order valence-corrected chi connectivity index (χ2v) is 3.24. The molecule has 2 aliphatic heterocycles. The molecule has 6 N–H and O–H groups in total. The number of nitrogens with zero attached hydrogens (tertiary/aromatic N) is 2. The second-order valence-electron chi connectivity index (χ2n) is 2.16. The highest BCUT2D eigenvalue weighted by atomic mass is 32.2. The minimum atomic E-state index is 0.171. The predicted molar refractivity (Wildman–Crippen MR) is 50.9 cm³/mol. The lowest BCUT2D eigenvalue weighted by atomic mass is 10.7. The minimum Gasteiger partial charge on any atom is -0.383 e. The Bertz CT molecular complexity index is 307. The molecule has 0 bridgehead atoms. The molecule has 8 nitrogen and oxygen atoms in total. The predicted octanol–water partition coefficient (Wildman–Crippen LogP) is -0.0248. The van der Waals surface area contributed by atoms with Crippen molar-refractivity contribution in [1.29, 1.82) is 0 Å². The maximum atomic E-state index is 5.41. The fourth-order valence-corrected chi connectivity index (χ4v) is 1.49. The lowest BCUT2D eigenvalue weighted by molar-refractivity contribution is 0.495. The molecule has 0 aromatic rings. The second kappa shape index (κ2) is 3.75. The number of nitrogens with two attached hydrogens (primary N) is 2. The Morgan fingerprint density at radius 3 is 1.64 bits per heavy atom. The number of hydrogen-bond acceptors (Lipinski definition) is 10. The van der Waals surface area contributed by atoms with E-state index in [1.165, 1.54) is 0 Å². The van der Waals surface area contributed by atoms with Crippen molar-refractivity contribution in [3.63, 3.8) is 0 Å². The van der Waals surface area contributed by atoms with Gasteiger partial charge in [0.2, 0.25) is 23.4 Å². The molecule has 0 aromatic heterocycles. The molecule has 2 aliphatic rings. The van der Waals surface area contributed by atoms with E-state index in [0.29, 0.717) is 11.6 Å². The average molecular weight is 234 g/mol. The Morgan fingerprint density at radius 1 is 0.929 bits per heavy atom. The molecular weight excluding hydrogens is 228 g/mol. The third-order valence-corrected chi connectivity index (χ3v) is 2.34. The van der Waals surface area contributed by atoms with Crippen molar-refractivity contribution in [3.8, 4) is 0 Å². The summed E-state index contributed by atoms with van der Waals surface area (Å²) in [6, 6.07) is 0. The van der Waals surface area contributed by atoms with Crippen molar-refractivity contribution in [2.24, 2.45) is 21.7 Å². The van der Waals surface area contributed by atoms with Crippen LogP contribution in [0.2, 0.25) is 0 Å². The molecular formula is C4H6N6O2S2. The smallest absolute Gasteiger partial charge is 0.247 e. The fraction of sp³-hybridized carbons (Fsp3) is 0. The zero-order chi connectivity index (χ0) is 9.97. The van der Waals surface area contributed by atoms with Gasteiger partial charge in [-0.15, -0.1) is 10.2 Å². The largest absolute Gasteiger partial charge is 0.383 e. The first-order valence-corrected chi connectivity index (χ1v) is 4.86. The summed E-state index contributed by atoms with van der Waals surface area (Å²) < 4.78 is 15.0. The van der Waals surface area contributed by atoms with E-state index in [1.54, 1.807) is 0 Å². The van der Waals surface area contributed by atoms with E-state index in [1.807, 2.05) is 0 Å². The van der Waals surface area contributed by atoms with Crippen LogP contribution in [0.4, 0.5) is 0 Å². The summed E-state index contributed by atoms with van der Waals surface area (Å²) in [4.78, 5) is 0. The van der Waals surface area contributed by atoms with Gasteiger partial charge in [-0.05, 0) is 0 Å². The van der Waals surface area contributed by atoms with Gasteiger partial charge < -0.3 is 19.8 Å². The van der Waals surface area contributed by atoms with Gasteiger partial charge >= 0.3 is 0 Å². The zero-order valence-corrected chi connectivity index (χ0v) is 8.32. The van der Waals surface area contributed by atoms with Crippen molar-refractivity contribution in [2.45, 2.75) is 0 Å². The van der Waals surface area contributed by atoms with Gasteiger partial charge in [0.15, 0.2) is 24.5 Å². The maximum Gasteiger partial charge on any atom is 0.247 e. The molecule has 10 heteroatoms. The number of hydrogen-bond donors (Lipinski definition) is 4. The average Bonchev–Trinajstić information content (AvgIpc) is 2.72. The minimum absolute atomic E-state index is 0.171. The van der Waals surface area contributed by atoms with Crippen LogP contribution >= 0.6 is 24.5 Å². The Balaban J connectivity index is 2.07. The summed E-state index contributed by atoms with van der Waals surface area (Å²) in [5, 5.41) is 7.53. The van der Waals surface area contributed by atoms with Crippen molar-refractivity contribution in [3.05, 3.63) is 23.4 Å². The summed E-state index contributed by atoms with van der Waals surface area (Å²) in [5.74, 6) is 1.02. The zero-order valence-electron chi connectivity index (χ0n) is 6.68. The third kappa shape index (κ3) is 1.75. The molecule has 14 heavy (non-hydrogen) atoms. The quantitative estimate of drug-likeness (QED) is 0.299. The molecule has 0 unspecified atom stereocenters. The molecule has 0 saturated heterocycles. The van der Waals surface area contributed by atoms with Crippen LogP contribution in [0.15, 0.2) is 33.6 Å². The normalized spacial score (nSPS) is 20.9. The van der Waals surface area contributed by atoms with Crippen LogP contribution in [0.1, 0.15) is 0 Å². The summed E-state index contributed by atoms with van der Waals surface area (Å²) in [6.07, 6.45) is 0. The van der Waals surface area contributed by atoms with Crippen LogP contribution in [0, 0.1) is 0 Å². The van der Waals surface area contributed by atoms with Crippen molar-refractivity contribution in [2.75, 3.05) is 0 Å². The maximum absolute atomic E-state index is 5.41. The molecule has 76 valence electrons. The molecule has 0 radical (unpaired) electrons. The van der Waals surface area contributed by atoms with Crippen LogP contribution in [0.5, 0.6) is 0 Å². The molecule has 0 aliphatic carbocycles. The summed E-state index contributed by atoms with van der Waals surface area (Å²) in [5.41, 5.74) is 10.8. The van der Waals surface area contributed by atoms with E-state index in [-0.39, 0.29) is 11.8 Å². The Hall–Kier alpha value is -1.42. The van der Waals surface area contributed by atoms with Gasteiger partial charge in [0, 0.05) is 0 Å². The number of rotatable bonds is 2. The molecule has 0 saturated carbocycles. The van der Waals surface area contributed by atoms with Gasteiger partial charge in [0.1, 0.15) is 0 Å². The van der Waals surface area contributed by atoms with Crippen LogP contribution in [0.25, 0.3) is 0 Å². The highest BCUT2D eigenvalue weighted by Gasteiger charge is 2.16. The molecule has 0 spiro atoms. The molecule has 0 aromatic carbocycles. The molecule has 2 rings (SSSR count). The van der Waals surface area contributed by atoms with Gasteiger partial charge in [-0.25, -0.2) is 0 Å². The van der Waals surface area contributed by atoms with E-state index in [4.69, 9.17) is 19.8 Å². The van der Waals surface area contributed by atoms with E-state index < -0.39 is 0 Å². The first-order valence-electron chi connectivity index (χ1n) is 3.37. The first kappa shape index (κ1) is 9.15. The molecule has 0 fully saturated rings. The van der Waals surface area contributed by atoms with Gasteiger partial charge in [-0.2, -0.15) is 0 Å². The van der Waals surface area contributed by atoms with E-state index in [9.17, 15) is 0 Å². The standard InChI is InChI=1S/C4H6N6O2S2/c5-1-3(9-13-11-1)7-8-4-2(6)12-14-10-4/h9-10H,5-6H2.